The summed E-state index contributed by atoms with van der Waals surface area (Å²) in [5, 5.41) is 3.73. The fourth-order valence-electron chi connectivity index (χ4n) is 3.10. The van der Waals surface area contributed by atoms with Gasteiger partial charge in [0.05, 0.1) is 0 Å². The second kappa shape index (κ2) is 7.38. The molecular weight excluding hydrogens is 208 g/mol. The molecule has 2 unspecified atom stereocenters. The highest BCUT2D eigenvalue weighted by Gasteiger charge is 2.30. The van der Waals surface area contributed by atoms with Crippen molar-refractivity contribution in [3.05, 3.63) is 0 Å². The molecule has 1 aliphatic carbocycles. The van der Waals surface area contributed by atoms with Gasteiger partial charge in [0.15, 0.2) is 0 Å². The van der Waals surface area contributed by atoms with E-state index >= 15 is 0 Å². The van der Waals surface area contributed by atoms with E-state index < -0.39 is 0 Å². The van der Waals surface area contributed by atoms with Gasteiger partial charge in [0.25, 0.3) is 0 Å². The second-order valence-electron chi connectivity index (χ2n) is 6.55. The Morgan fingerprint density at radius 1 is 1.35 bits per heavy atom. The van der Waals surface area contributed by atoms with Crippen molar-refractivity contribution in [2.75, 3.05) is 13.1 Å². The van der Waals surface area contributed by atoms with E-state index in [1.54, 1.807) is 0 Å². The van der Waals surface area contributed by atoms with E-state index in [0.29, 0.717) is 5.41 Å². The van der Waals surface area contributed by atoms with Crippen LogP contribution in [0.4, 0.5) is 0 Å². The van der Waals surface area contributed by atoms with Crippen molar-refractivity contribution in [2.24, 2.45) is 17.1 Å². The molecule has 0 amide bonds. The highest BCUT2D eigenvalue weighted by atomic mass is 14.9. The molecule has 0 aromatic carbocycles. The Balaban J connectivity index is 2.04. The van der Waals surface area contributed by atoms with Crippen LogP contribution in [0.25, 0.3) is 0 Å². The van der Waals surface area contributed by atoms with Crippen LogP contribution < -0.4 is 11.1 Å². The summed E-state index contributed by atoms with van der Waals surface area (Å²) < 4.78 is 0. The Morgan fingerprint density at radius 3 is 2.65 bits per heavy atom. The van der Waals surface area contributed by atoms with E-state index in [-0.39, 0.29) is 0 Å². The lowest BCUT2D eigenvalue weighted by Crippen LogP contribution is -2.28. The fraction of sp³-hybridized carbons (Fsp3) is 1.00. The first-order valence-electron chi connectivity index (χ1n) is 7.51. The van der Waals surface area contributed by atoms with E-state index in [1.165, 1.54) is 51.5 Å². The normalized spacial score (nSPS) is 25.1. The van der Waals surface area contributed by atoms with Gasteiger partial charge in [-0.2, -0.15) is 0 Å². The van der Waals surface area contributed by atoms with Gasteiger partial charge in [-0.15, -0.1) is 0 Å². The minimum atomic E-state index is 0.573. The molecule has 1 rings (SSSR count). The van der Waals surface area contributed by atoms with Gasteiger partial charge in [-0.1, -0.05) is 27.2 Å². The third-order valence-corrected chi connectivity index (χ3v) is 4.34. The highest BCUT2D eigenvalue weighted by molar-refractivity contribution is 4.86. The summed E-state index contributed by atoms with van der Waals surface area (Å²) in [4.78, 5) is 0. The van der Waals surface area contributed by atoms with E-state index in [2.05, 4.69) is 26.1 Å². The summed E-state index contributed by atoms with van der Waals surface area (Å²) in [6.45, 7) is 9.11. The van der Waals surface area contributed by atoms with Crippen molar-refractivity contribution >= 4 is 0 Å². The molecule has 17 heavy (non-hydrogen) atoms. The highest BCUT2D eigenvalue weighted by Crippen LogP contribution is 2.36. The van der Waals surface area contributed by atoms with Gasteiger partial charge in [0.1, 0.15) is 0 Å². The smallest absolute Gasteiger partial charge is 0.00723 e. The second-order valence-corrected chi connectivity index (χ2v) is 6.55. The van der Waals surface area contributed by atoms with Crippen LogP contribution in [0.3, 0.4) is 0 Å². The molecule has 3 N–H and O–H groups in total. The molecule has 0 aliphatic heterocycles. The van der Waals surface area contributed by atoms with E-state index in [1.807, 2.05) is 0 Å². The molecule has 102 valence electrons. The Morgan fingerprint density at radius 2 is 2.12 bits per heavy atom. The minimum Gasteiger partial charge on any atom is -0.330 e. The maximum Gasteiger partial charge on any atom is 0.00723 e. The average Bonchev–Trinajstić information content (AvgIpc) is 2.63. The van der Waals surface area contributed by atoms with Crippen molar-refractivity contribution < 1.29 is 0 Å². The molecule has 1 aliphatic rings. The zero-order valence-corrected chi connectivity index (χ0v) is 12.1. The van der Waals surface area contributed by atoms with Crippen LogP contribution in [-0.2, 0) is 0 Å². The fourth-order valence-corrected chi connectivity index (χ4v) is 3.10. The van der Waals surface area contributed by atoms with Crippen molar-refractivity contribution in [3.8, 4) is 0 Å². The van der Waals surface area contributed by atoms with E-state index in [9.17, 15) is 0 Å². The van der Waals surface area contributed by atoms with Crippen LogP contribution in [0.2, 0.25) is 0 Å². The largest absolute Gasteiger partial charge is 0.330 e. The van der Waals surface area contributed by atoms with Gasteiger partial charge in [-0.3, -0.25) is 0 Å². The summed E-state index contributed by atoms with van der Waals surface area (Å²) >= 11 is 0. The Kier molecular flexibility index (Phi) is 6.50. The third kappa shape index (κ3) is 5.87. The zero-order valence-electron chi connectivity index (χ0n) is 12.1. The molecular formula is C15H32N2. The predicted octanol–water partition coefficient (Wildman–Crippen LogP) is 3.31. The maximum atomic E-state index is 5.62. The third-order valence-electron chi connectivity index (χ3n) is 4.34. The van der Waals surface area contributed by atoms with Gasteiger partial charge in [-0.25, -0.2) is 0 Å². The quantitative estimate of drug-likeness (QED) is 0.639. The molecule has 0 radical (unpaired) electrons. The van der Waals surface area contributed by atoms with Crippen LogP contribution in [0.1, 0.15) is 65.7 Å². The van der Waals surface area contributed by atoms with Gasteiger partial charge >= 0.3 is 0 Å². The number of nitrogens with one attached hydrogen (secondary N) is 1. The first kappa shape index (κ1) is 15.0. The van der Waals surface area contributed by atoms with Gasteiger partial charge in [-0.05, 0) is 62.9 Å². The first-order chi connectivity index (χ1) is 8.07. The molecule has 0 bridgehead atoms. The zero-order chi connectivity index (χ0) is 12.7. The first-order valence-corrected chi connectivity index (χ1v) is 7.51. The monoisotopic (exact) mass is 240 g/mol. The van der Waals surface area contributed by atoms with Crippen LogP contribution in [0, 0.1) is 11.3 Å². The molecule has 0 heterocycles. The van der Waals surface area contributed by atoms with E-state index in [4.69, 9.17) is 5.73 Å². The van der Waals surface area contributed by atoms with E-state index in [0.717, 1.165) is 18.5 Å². The van der Waals surface area contributed by atoms with Crippen molar-refractivity contribution in [3.63, 3.8) is 0 Å². The number of rotatable bonds is 8. The molecule has 0 spiro atoms. The lowest BCUT2D eigenvalue weighted by molar-refractivity contribution is 0.359. The number of hydrogen-bond donors (Lipinski definition) is 2. The molecule has 0 saturated heterocycles. The van der Waals surface area contributed by atoms with Crippen LogP contribution in [0.5, 0.6) is 0 Å². The van der Waals surface area contributed by atoms with Crippen molar-refractivity contribution in [2.45, 2.75) is 71.8 Å². The van der Waals surface area contributed by atoms with Gasteiger partial charge < -0.3 is 11.1 Å². The molecule has 1 fully saturated rings. The number of nitrogens with two attached hydrogens (primary N) is 1. The standard InChI is InChI=1S/C15H32N2/c1-4-13(8-10-16)6-5-11-17-14-7-9-15(2,3)12-14/h13-14,17H,4-12,16H2,1-3H3. The Hall–Kier alpha value is -0.0800. The summed E-state index contributed by atoms with van der Waals surface area (Å²) in [7, 11) is 0. The summed E-state index contributed by atoms with van der Waals surface area (Å²) in [6.07, 6.45) is 9.25. The number of hydrogen-bond acceptors (Lipinski definition) is 2. The van der Waals surface area contributed by atoms with Crippen molar-refractivity contribution in [1.29, 1.82) is 0 Å². The van der Waals surface area contributed by atoms with Gasteiger partial charge in [0, 0.05) is 6.04 Å². The molecule has 2 nitrogen and oxygen atoms in total. The van der Waals surface area contributed by atoms with Gasteiger partial charge in [0.2, 0.25) is 0 Å². The maximum absolute atomic E-state index is 5.62. The summed E-state index contributed by atoms with van der Waals surface area (Å²) in [6, 6.07) is 0.777. The minimum absolute atomic E-state index is 0.573. The SMILES string of the molecule is CCC(CCN)CCCNC1CCC(C)(C)C1. The summed E-state index contributed by atoms with van der Waals surface area (Å²) in [5.74, 6) is 0.849. The Bertz CT molecular complexity index is 201. The predicted molar refractivity (Wildman–Crippen MR) is 76.1 cm³/mol. The van der Waals surface area contributed by atoms with Crippen LogP contribution >= 0.6 is 0 Å². The summed E-state index contributed by atoms with van der Waals surface area (Å²) in [5.41, 5.74) is 6.20. The lowest BCUT2D eigenvalue weighted by Gasteiger charge is -2.18. The molecule has 0 aromatic heterocycles. The van der Waals surface area contributed by atoms with Crippen LogP contribution in [0.15, 0.2) is 0 Å². The molecule has 2 atom stereocenters. The van der Waals surface area contributed by atoms with Crippen LogP contribution in [-0.4, -0.2) is 19.1 Å². The average molecular weight is 240 g/mol. The lowest BCUT2D eigenvalue weighted by atomic mass is 9.92. The topological polar surface area (TPSA) is 38.0 Å². The Labute approximate surface area is 108 Å². The molecule has 1 saturated carbocycles. The molecule has 2 heteroatoms. The van der Waals surface area contributed by atoms with Crippen molar-refractivity contribution in [1.82, 2.24) is 5.32 Å². The molecule has 0 aromatic rings.